The Bertz CT molecular complexity index is 777. The Labute approximate surface area is 122 Å². The molecule has 0 amide bonds. The number of aromatic nitrogens is 3. The molecule has 0 aliphatic carbocycles. The van der Waals surface area contributed by atoms with Gasteiger partial charge in [0.05, 0.1) is 16.7 Å². The summed E-state index contributed by atoms with van der Waals surface area (Å²) in [5.41, 5.74) is 9.24. The number of nitrogens with zero attached hydrogens (tertiary/aromatic N) is 3. The average molecular weight is 287 g/mol. The van der Waals surface area contributed by atoms with Gasteiger partial charge in [-0.25, -0.2) is 4.98 Å². The van der Waals surface area contributed by atoms with Gasteiger partial charge >= 0.3 is 0 Å². The number of benzene rings is 1. The Morgan fingerprint density at radius 1 is 1.25 bits per heavy atom. The van der Waals surface area contributed by atoms with Crippen molar-refractivity contribution in [3.63, 3.8) is 0 Å². The zero-order valence-electron chi connectivity index (χ0n) is 11.3. The normalized spacial score (nSPS) is 11.4. The topological polar surface area (TPSA) is 56.7 Å². The lowest BCUT2D eigenvalue weighted by molar-refractivity contribution is 0.623. The number of imidazole rings is 1. The molecular formula is C15H15ClN4. The van der Waals surface area contributed by atoms with Crippen LogP contribution in [0, 0.1) is 0 Å². The fourth-order valence-electron chi connectivity index (χ4n) is 2.36. The van der Waals surface area contributed by atoms with Gasteiger partial charge in [-0.2, -0.15) is 0 Å². The maximum Gasteiger partial charge on any atom is 0.162 e. The van der Waals surface area contributed by atoms with Crippen LogP contribution in [0.3, 0.4) is 0 Å². The minimum atomic E-state index is 0.231. The van der Waals surface area contributed by atoms with Crippen molar-refractivity contribution in [2.24, 2.45) is 0 Å². The summed E-state index contributed by atoms with van der Waals surface area (Å²) in [6.45, 7) is 4.20. The van der Waals surface area contributed by atoms with Gasteiger partial charge in [0.1, 0.15) is 5.69 Å². The molecular weight excluding hydrogens is 272 g/mol. The summed E-state index contributed by atoms with van der Waals surface area (Å²) in [7, 11) is 0. The average Bonchev–Trinajstić information content (AvgIpc) is 2.77. The highest BCUT2D eigenvalue weighted by Gasteiger charge is 2.17. The maximum absolute atomic E-state index is 6.10. The van der Waals surface area contributed by atoms with Crippen molar-refractivity contribution < 1.29 is 0 Å². The van der Waals surface area contributed by atoms with Crippen LogP contribution >= 0.6 is 11.6 Å². The highest BCUT2D eigenvalue weighted by molar-refractivity contribution is 6.31. The molecule has 0 aliphatic heterocycles. The van der Waals surface area contributed by atoms with E-state index in [1.54, 1.807) is 6.20 Å². The maximum atomic E-state index is 6.10. The first-order valence-electron chi connectivity index (χ1n) is 6.46. The lowest BCUT2D eigenvalue weighted by Gasteiger charge is -2.13. The molecule has 2 aromatic heterocycles. The van der Waals surface area contributed by atoms with Crippen LogP contribution in [0.15, 0.2) is 36.5 Å². The van der Waals surface area contributed by atoms with E-state index >= 15 is 0 Å². The Kier molecular flexibility index (Phi) is 3.10. The van der Waals surface area contributed by atoms with Crippen molar-refractivity contribution in [1.82, 2.24) is 14.5 Å². The van der Waals surface area contributed by atoms with E-state index in [9.17, 15) is 0 Å². The fourth-order valence-corrected chi connectivity index (χ4v) is 2.53. The molecule has 0 saturated heterocycles. The van der Waals surface area contributed by atoms with Crippen molar-refractivity contribution in [2.45, 2.75) is 19.9 Å². The second-order valence-corrected chi connectivity index (χ2v) is 5.41. The number of halogens is 1. The molecule has 0 fully saturated rings. The van der Waals surface area contributed by atoms with Gasteiger partial charge in [-0.1, -0.05) is 11.6 Å². The van der Waals surface area contributed by atoms with Crippen LogP contribution in [0.2, 0.25) is 5.02 Å². The van der Waals surface area contributed by atoms with Crippen molar-refractivity contribution >= 4 is 28.3 Å². The third-order valence-electron chi connectivity index (χ3n) is 3.22. The van der Waals surface area contributed by atoms with E-state index < -0.39 is 0 Å². The van der Waals surface area contributed by atoms with Crippen LogP contribution in [-0.4, -0.2) is 14.5 Å². The van der Waals surface area contributed by atoms with Crippen LogP contribution in [-0.2, 0) is 0 Å². The summed E-state index contributed by atoms with van der Waals surface area (Å²) in [5, 5.41) is 0.694. The first-order chi connectivity index (χ1) is 9.58. The minimum absolute atomic E-state index is 0.231. The van der Waals surface area contributed by atoms with Gasteiger partial charge in [-0.3, -0.25) is 4.98 Å². The van der Waals surface area contributed by atoms with Gasteiger partial charge in [-0.15, -0.1) is 0 Å². The molecule has 102 valence electrons. The Hall–Kier alpha value is -2.07. The van der Waals surface area contributed by atoms with E-state index in [0.717, 1.165) is 16.9 Å². The summed E-state index contributed by atoms with van der Waals surface area (Å²) in [4.78, 5) is 9.04. The zero-order valence-corrected chi connectivity index (χ0v) is 12.1. The molecule has 0 saturated carbocycles. The highest BCUT2D eigenvalue weighted by atomic mass is 35.5. The monoisotopic (exact) mass is 286 g/mol. The van der Waals surface area contributed by atoms with Crippen molar-refractivity contribution in [1.29, 1.82) is 0 Å². The number of hydrogen-bond donors (Lipinski definition) is 1. The molecule has 0 atom stereocenters. The van der Waals surface area contributed by atoms with E-state index in [1.807, 2.05) is 30.3 Å². The summed E-state index contributed by atoms with van der Waals surface area (Å²) in [5.74, 6) is 0.773. The van der Waals surface area contributed by atoms with E-state index in [4.69, 9.17) is 17.3 Å². The number of nitrogen functional groups attached to an aromatic ring is 1. The van der Waals surface area contributed by atoms with Gasteiger partial charge in [0.25, 0.3) is 0 Å². The number of nitrogens with two attached hydrogens (primary N) is 1. The standard InChI is InChI=1S/C15H15ClN4/c1-9(2)20-13-8-10(16)5-6-12(13)19-15(20)14-11(17)4-3-7-18-14/h3-9H,17H2,1-2H3. The number of rotatable bonds is 2. The zero-order chi connectivity index (χ0) is 14.3. The molecule has 0 aliphatic rings. The molecule has 4 nitrogen and oxygen atoms in total. The van der Waals surface area contributed by atoms with Crippen molar-refractivity contribution in [3.05, 3.63) is 41.6 Å². The highest BCUT2D eigenvalue weighted by Crippen LogP contribution is 2.31. The fraction of sp³-hybridized carbons (Fsp3) is 0.200. The van der Waals surface area contributed by atoms with Gasteiger partial charge in [0.2, 0.25) is 0 Å². The number of hydrogen-bond acceptors (Lipinski definition) is 3. The van der Waals surface area contributed by atoms with Crippen LogP contribution in [0.25, 0.3) is 22.6 Å². The number of anilines is 1. The molecule has 5 heteroatoms. The summed E-state index contributed by atoms with van der Waals surface area (Å²) < 4.78 is 2.11. The third-order valence-corrected chi connectivity index (χ3v) is 3.45. The Balaban J connectivity index is 2.36. The minimum Gasteiger partial charge on any atom is -0.397 e. The molecule has 2 N–H and O–H groups in total. The smallest absolute Gasteiger partial charge is 0.162 e. The predicted molar refractivity (Wildman–Crippen MR) is 82.8 cm³/mol. The first kappa shape index (κ1) is 12.9. The van der Waals surface area contributed by atoms with Gasteiger partial charge in [-0.05, 0) is 44.2 Å². The molecule has 20 heavy (non-hydrogen) atoms. The predicted octanol–water partition coefficient (Wildman–Crippen LogP) is 3.91. The van der Waals surface area contributed by atoms with Crippen LogP contribution in [0.5, 0.6) is 0 Å². The molecule has 0 bridgehead atoms. The quantitative estimate of drug-likeness (QED) is 0.777. The Morgan fingerprint density at radius 3 is 2.75 bits per heavy atom. The van der Waals surface area contributed by atoms with E-state index in [2.05, 4.69) is 28.4 Å². The van der Waals surface area contributed by atoms with Crippen LogP contribution in [0.1, 0.15) is 19.9 Å². The van der Waals surface area contributed by atoms with Crippen LogP contribution in [0.4, 0.5) is 5.69 Å². The molecule has 0 radical (unpaired) electrons. The van der Waals surface area contributed by atoms with Crippen molar-refractivity contribution in [2.75, 3.05) is 5.73 Å². The lowest BCUT2D eigenvalue weighted by atomic mass is 10.2. The number of fused-ring (bicyclic) bond motifs is 1. The number of pyridine rings is 1. The Morgan fingerprint density at radius 2 is 2.05 bits per heavy atom. The molecule has 3 aromatic rings. The van der Waals surface area contributed by atoms with Crippen molar-refractivity contribution in [3.8, 4) is 11.5 Å². The van der Waals surface area contributed by atoms with Crippen LogP contribution < -0.4 is 5.73 Å². The second kappa shape index (κ2) is 4.80. The largest absolute Gasteiger partial charge is 0.397 e. The van der Waals surface area contributed by atoms with Gasteiger partial charge < -0.3 is 10.3 Å². The molecule has 2 heterocycles. The SMILES string of the molecule is CC(C)n1c(-c2ncccc2N)nc2ccc(Cl)cc21. The van der Waals surface area contributed by atoms with E-state index in [1.165, 1.54) is 0 Å². The molecule has 0 unspecified atom stereocenters. The molecule has 3 rings (SSSR count). The first-order valence-corrected chi connectivity index (χ1v) is 6.84. The second-order valence-electron chi connectivity index (χ2n) is 4.97. The van der Waals surface area contributed by atoms with Gasteiger partial charge in [0.15, 0.2) is 5.82 Å². The summed E-state index contributed by atoms with van der Waals surface area (Å²) in [6, 6.07) is 9.56. The molecule has 0 spiro atoms. The molecule has 1 aromatic carbocycles. The van der Waals surface area contributed by atoms with E-state index in [-0.39, 0.29) is 6.04 Å². The third kappa shape index (κ3) is 2.02. The lowest BCUT2D eigenvalue weighted by Crippen LogP contribution is -2.05. The summed E-state index contributed by atoms with van der Waals surface area (Å²) in [6.07, 6.45) is 1.72. The van der Waals surface area contributed by atoms with Gasteiger partial charge in [0, 0.05) is 17.3 Å². The summed E-state index contributed by atoms with van der Waals surface area (Å²) >= 11 is 6.10. The van der Waals surface area contributed by atoms with E-state index in [0.29, 0.717) is 16.4 Å².